The third kappa shape index (κ3) is 1.93. The lowest BCUT2D eigenvalue weighted by Crippen LogP contribution is -2.51. The van der Waals surface area contributed by atoms with Crippen LogP contribution in [0.1, 0.15) is 19.8 Å². The number of carbonyl (C=O) groups is 1. The van der Waals surface area contributed by atoms with Crippen LogP contribution in [0.5, 0.6) is 0 Å². The summed E-state index contributed by atoms with van der Waals surface area (Å²) in [5, 5.41) is 9.28. The van der Waals surface area contributed by atoms with E-state index in [0.717, 1.165) is 12.8 Å². The highest BCUT2D eigenvalue weighted by atomic mass is 16.7. The Morgan fingerprint density at radius 1 is 1.62 bits per heavy atom. The van der Waals surface area contributed by atoms with Gasteiger partial charge in [0.15, 0.2) is 5.78 Å². The third-order valence-electron chi connectivity index (χ3n) is 3.56. The minimum Gasteiger partial charge on any atom is -0.394 e. The van der Waals surface area contributed by atoms with Gasteiger partial charge >= 0.3 is 0 Å². The summed E-state index contributed by atoms with van der Waals surface area (Å²) in [5.74, 6) is 0.0677. The highest BCUT2D eigenvalue weighted by Gasteiger charge is 2.45. The average molecular weight is 226 g/mol. The summed E-state index contributed by atoms with van der Waals surface area (Å²) in [6.45, 7) is 1.98. The second kappa shape index (κ2) is 4.65. The van der Waals surface area contributed by atoms with Gasteiger partial charge in [-0.25, -0.2) is 0 Å². The van der Waals surface area contributed by atoms with Gasteiger partial charge in [-0.3, -0.25) is 4.79 Å². The first-order chi connectivity index (χ1) is 7.67. The fourth-order valence-electron chi connectivity index (χ4n) is 2.66. The Morgan fingerprint density at radius 3 is 3.00 bits per heavy atom. The first-order valence-electron chi connectivity index (χ1n) is 5.65. The maximum atomic E-state index is 12.0. The van der Waals surface area contributed by atoms with Crippen molar-refractivity contribution >= 4 is 5.78 Å². The summed E-state index contributed by atoms with van der Waals surface area (Å²) < 4.78 is 10.5. The van der Waals surface area contributed by atoms with E-state index in [9.17, 15) is 9.90 Å². The van der Waals surface area contributed by atoms with Crippen molar-refractivity contribution in [1.82, 2.24) is 0 Å². The molecule has 0 radical (unpaired) electrons. The lowest BCUT2D eigenvalue weighted by Gasteiger charge is -2.41. The molecule has 16 heavy (non-hydrogen) atoms. The molecule has 0 saturated carbocycles. The second-order valence-electron chi connectivity index (χ2n) is 4.59. The van der Waals surface area contributed by atoms with Crippen LogP contribution in [-0.4, -0.2) is 37.0 Å². The fraction of sp³-hybridized carbons (Fsp3) is 0.750. The Hall–Kier alpha value is -0.710. The van der Waals surface area contributed by atoms with Crippen molar-refractivity contribution in [2.45, 2.75) is 32.2 Å². The zero-order valence-corrected chi connectivity index (χ0v) is 9.68. The van der Waals surface area contributed by atoms with E-state index in [4.69, 9.17) is 9.47 Å². The minimum absolute atomic E-state index is 0.0182. The summed E-state index contributed by atoms with van der Waals surface area (Å²) in [6.07, 6.45) is 2.63. The molecule has 1 N–H and O–H groups in total. The van der Waals surface area contributed by atoms with Gasteiger partial charge in [-0.1, -0.05) is 11.6 Å². The molecule has 1 fully saturated rings. The lowest BCUT2D eigenvalue weighted by atomic mass is 9.73. The molecular formula is C12H18O4. The van der Waals surface area contributed by atoms with E-state index >= 15 is 0 Å². The molecule has 4 nitrogen and oxygen atoms in total. The van der Waals surface area contributed by atoms with Gasteiger partial charge in [0.05, 0.1) is 12.7 Å². The van der Waals surface area contributed by atoms with Crippen molar-refractivity contribution in [3.63, 3.8) is 0 Å². The number of hydrogen-bond donors (Lipinski definition) is 1. The molecule has 1 aliphatic carbocycles. The van der Waals surface area contributed by atoms with Gasteiger partial charge in [-0.15, -0.1) is 0 Å². The molecule has 1 heterocycles. The van der Waals surface area contributed by atoms with Crippen LogP contribution >= 0.6 is 0 Å². The first-order valence-corrected chi connectivity index (χ1v) is 5.65. The third-order valence-corrected chi connectivity index (χ3v) is 3.56. The predicted molar refractivity (Wildman–Crippen MR) is 57.7 cm³/mol. The Bertz CT molecular complexity index is 310. The number of fused-ring (bicyclic) bond motifs is 1. The molecule has 0 aromatic heterocycles. The van der Waals surface area contributed by atoms with Crippen LogP contribution in [-0.2, 0) is 14.3 Å². The smallest absolute Gasteiger partial charge is 0.218 e. The molecule has 0 spiro atoms. The van der Waals surface area contributed by atoms with Crippen LogP contribution in [0, 0.1) is 11.8 Å². The maximum Gasteiger partial charge on any atom is 0.218 e. The molecule has 0 amide bonds. The minimum atomic E-state index is -0.802. The van der Waals surface area contributed by atoms with E-state index in [-0.39, 0.29) is 30.3 Å². The van der Waals surface area contributed by atoms with Crippen molar-refractivity contribution in [2.24, 2.45) is 11.8 Å². The van der Waals surface area contributed by atoms with Crippen LogP contribution in [0.25, 0.3) is 0 Å². The van der Waals surface area contributed by atoms with Crippen LogP contribution in [0.2, 0.25) is 0 Å². The number of rotatable bonds is 2. The summed E-state index contributed by atoms with van der Waals surface area (Å²) in [5.41, 5.74) is 1.24. The molecule has 90 valence electrons. The molecule has 4 heteroatoms. The largest absolute Gasteiger partial charge is 0.394 e. The van der Waals surface area contributed by atoms with Crippen LogP contribution in [0.3, 0.4) is 0 Å². The Kier molecular flexibility index (Phi) is 3.42. The number of allylic oxidation sites excluding steroid dienone is 2. The zero-order valence-electron chi connectivity index (χ0n) is 9.68. The van der Waals surface area contributed by atoms with Crippen molar-refractivity contribution in [3.05, 3.63) is 11.6 Å². The Labute approximate surface area is 95.2 Å². The number of methoxy groups -OCH3 is 1. The molecule has 1 saturated heterocycles. The second-order valence-corrected chi connectivity index (χ2v) is 4.59. The van der Waals surface area contributed by atoms with Crippen LogP contribution in [0.4, 0.5) is 0 Å². The first kappa shape index (κ1) is 11.8. The number of aliphatic hydroxyl groups is 1. The topological polar surface area (TPSA) is 55.8 Å². The van der Waals surface area contributed by atoms with E-state index in [0.29, 0.717) is 0 Å². The lowest BCUT2D eigenvalue weighted by molar-refractivity contribution is -0.214. The van der Waals surface area contributed by atoms with E-state index < -0.39 is 6.29 Å². The van der Waals surface area contributed by atoms with Crippen molar-refractivity contribution < 1.29 is 19.4 Å². The molecule has 0 unspecified atom stereocenters. The number of hydrogen-bond acceptors (Lipinski definition) is 4. The summed E-state index contributed by atoms with van der Waals surface area (Å²) in [7, 11) is 1.46. The number of ketones is 1. The van der Waals surface area contributed by atoms with Gasteiger partial charge in [0.2, 0.25) is 6.29 Å². The molecule has 0 aromatic rings. The fourth-order valence-corrected chi connectivity index (χ4v) is 2.66. The highest BCUT2D eigenvalue weighted by molar-refractivity contribution is 5.85. The van der Waals surface area contributed by atoms with Gasteiger partial charge < -0.3 is 14.6 Å². The monoisotopic (exact) mass is 226 g/mol. The van der Waals surface area contributed by atoms with E-state index in [1.54, 1.807) is 0 Å². The van der Waals surface area contributed by atoms with Crippen LogP contribution < -0.4 is 0 Å². The van der Waals surface area contributed by atoms with Crippen molar-refractivity contribution in [2.75, 3.05) is 13.7 Å². The predicted octanol–water partition coefficient (Wildman–Crippen LogP) is 0.892. The number of ether oxygens (including phenoxy) is 2. The van der Waals surface area contributed by atoms with Gasteiger partial charge in [-0.05, 0) is 19.8 Å². The number of aliphatic hydroxyl groups excluding tert-OH is 1. The summed E-state index contributed by atoms with van der Waals surface area (Å²) in [6, 6.07) is 0. The normalized spacial score (nSPS) is 39.2. The van der Waals surface area contributed by atoms with Gasteiger partial charge in [0.1, 0.15) is 0 Å². The average Bonchev–Trinajstić information content (AvgIpc) is 2.30. The SMILES string of the molecule is CO[C@@H]1O[C@H](CO)[C@H]2CC=C(C)C[C@H]2C1=O. The van der Waals surface area contributed by atoms with E-state index in [1.807, 2.05) is 6.92 Å². The molecule has 0 bridgehead atoms. The van der Waals surface area contributed by atoms with E-state index in [2.05, 4.69) is 6.08 Å². The quantitative estimate of drug-likeness (QED) is 0.710. The maximum absolute atomic E-state index is 12.0. The molecule has 2 aliphatic rings. The zero-order chi connectivity index (χ0) is 11.7. The highest BCUT2D eigenvalue weighted by Crippen LogP contribution is 2.38. The van der Waals surface area contributed by atoms with Gasteiger partial charge in [-0.2, -0.15) is 0 Å². The van der Waals surface area contributed by atoms with Crippen LogP contribution in [0.15, 0.2) is 11.6 Å². The number of carbonyl (C=O) groups excluding carboxylic acids is 1. The Morgan fingerprint density at radius 2 is 2.38 bits per heavy atom. The molecular weight excluding hydrogens is 208 g/mol. The molecule has 0 aromatic carbocycles. The summed E-state index contributed by atoms with van der Waals surface area (Å²) >= 11 is 0. The van der Waals surface area contributed by atoms with Crippen molar-refractivity contribution in [1.29, 1.82) is 0 Å². The van der Waals surface area contributed by atoms with Gasteiger partial charge in [0.25, 0.3) is 0 Å². The molecule has 4 atom stereocenters. The van der Waals surface area contributed by atoms with Gasteiger partial charge in [0, 0.05) is 18.9 Å². The molecule has 2 rings (SSSR count). The summed E-state index contributed by atoms with van der Waals surface area (Å²) in [4.78, 5) is 12.0. The molecule has 1 aliphatic heterocycles. The Balaban J connectivity index is 2.22. The van der Waals surface area contributed by atoms with E-state index in [1.165, 1.54) is 12.7 Å². The number of Topliss-reactive ketones (excluding diaryl/α,β-unsaturated/α-hetero) is 1. The van der Waals surface area contributed by atoms with Crippen molar-refractivity contribution in [3.8, 4) is 0 Å². The standard InChI is InChI=1S/C12H18O4/c1-7-3-4-8-9(5-7)11(14)12(15-2)16-10(8)6-13/h3,8-10,12-13H,4-6H2,1-2H3/t8-,9+,10+,12+/m0/s1.